The zero-order chi connectivity index (χ0) is 23.5. The Morgan fingerprint density at radius 3 is 2.09 bits per heavy atom. The maximum absolute atomic E-state index is 5.79. The summed E-state index contributed by atoms with van der Waals surface area (Å²) in [5.41, 5.74) is 5.97. The van der Waals surface area contributed by atoms with Gasteiger partial charge in [-0.15, -0.1) is 10.2 Å². The van der Waals surface area contributed by atoms with Crippen LogP contribution in [0.5, 0.6) is 17.2 Å². The Hall–Kier alpha value is -4.06. The minimum Gasteiger partial charge on any atom is -0.497 e. The van der Waals surface area contributed by atoms with Crippen LogP contribution in [0, 0.1) is 0 Å². The van der Waals surface area contributed by atoms with Crippen molar-refractivity contribution >= 4 is 10.9 Å². The molecule has 2 heterocycles. The normalized spacial score (nSPS) is 11.1. The average Bonchev–Trinajstić information content (AvgIpc) is 3.29. The van der Waals surface area contributed by atoms with E-state index in [-0.39, 0.29) is 0 Å². The molecular weight excluding hydrogens is 426 g/mol. The molecule has 0 atom stereocenters. The van der Waals surface area contributed by atoms with E-state index in [4.69, 9.17) is 14.2 Å². The third kappa shape index (κ3) is 4.15. The fraction of sp³-hybridized carbons (Fsp3) is 0.214. The summed E-state index contributed by atoms with van der Waals surface area (Å²) < 4.78 is 18.9. The summed E-state index contributed by atoms with van der Waals surface area (Å²) in [7, 11) is 1.68. The highest BCUT2D eigenvalue weighted by atomic mass is 16.5. The lowest BCUT2D eigenvalue weighted by atomic mass is 10.0. The van der Waals surface area contributed by atoms with Crippen molar-refractivity contribution in [2.75, 3.05) is 20.3 Å². The Labute approximate surface area is 199 Å². The summed E-state index contributed by atoms with van der Waals surface area (Å²) in [6.45, 7) is 5.92. The third-order valence-corrected chi connectivity index (χ3v) is 5.84. The summed E-state index contributed by atoms with van der Waals surface area (Å²) in [6.07, 6.45) is 2.15. The maximum Gasteiger partial charge on any atom is 0.120 e. The van der Waals surface area contributed by atoms with Crippen molar-refractivity contribution in [3.8, 4) is 39.8 Å². The first kappa shape index (κ1) is 21.8. The molecule has 5 rings (SSSR count). The molecule has 3 aromatic carbocycles. The van der Waals surface area contributed by atoms with E-state index in [2.05, 4.69) is 45.2 Å². The molecule has 0 aromatic heterocycles. The van der Waals surface area contributed by atoms with E-state index in [0.29, 0.717) is 19.8 Å². The van der Waals surface area contributed by atoms with E-state index in [0.717, 1.165) is 50.7 Å². The number of nitrogens with zero attached hydrogens (tertiary/aromatic N) is 3. The van der Waals surface area contributed by atoms with Crippen LogP contribution in [-0.2, 0) is 6.54 Å². The Balaban J connectivity index is 1.64. The highest BCUT2D eigenvalue weighted by Crippen LogP contribution is 2.38. The van der Waals surface area contributed by atoms with E-state index in [1.165, 1.54) is 5.56 Å². The molecule has 34 heavy (non-hydrogen) atoms. The first-order chi connectivity index (χ1) is 16.7. The number of pyridine rings is 1. The van der Waals surface area contributed by atoms with Crippen molar-refractivity contribution < 1.29 is 14.2 Å². The van der Waals surface area contributed by atoms with E-state index >= 15 is 0 Å². The summed E-state index contributed by atoms with van der Waals surface area (Å²) in [4.78, 5) is 0. The molecule has 172 valence electrons. The molecule has 2 aliphatic heterocycles. The van der Waals surface area contributed by atoms with Gasteiger partial charge >= 0.3 is 0 Å². The Morgan fingerprint density at radius 1 is 0.735 bits per heavy atom. The molecule has 6 nitrogen and oxygen atoms in total. The Kier molecular flexibility index (Phi) is 6.04. The molecule has 0 N–H and O–H groups in total. The predicted molar refractivity (Wildman–Crippen MR) is 134 cm³/mol. The molecular formula is C28H27N3O3. The minimum absolute atomic E-state index is 0.609. The second kappa shape index (κ2) is 9.43. The van der Waals surface area contributed by atoms with Crippen molar-refractivity contribution in [3.05, 3.63) is 78.5 Å². The van der Waals surface area contributed by atoms with Crippen LogP contribution in [0.25, 0.3) is 33.4 Å². The minimum atomic E-state index is 0.609. The van der Waals surface area contributed by atoms with Gasteiger partial charge in [-0.1, -0.05) is 12.1 Å². The smallest absolute Gasteiger partial charge is 0.120 e. The van der Waals surface area contributed by atoms with Crippen molar-refractivity contribution in [2.45, 2.75) is 20.4 Å². The molecule has 0 spiro atoms. The number of rotatable bonds is 8. The van der Waals surface area contributed by atoms with Crippen molar-refractivity contribution in [1.82, 2.24) is 14.8 Å². The predicted octanol–water partition coefficient (Wildman–Crippen LogP) is 6.06. The van der Waals surface area contributed by atoms with Gasteiger partial charge in [-0.05, 0) is 74.0 Å². The van der Waals surface area contributed by atoms with Crippen LogP contribution in [0.15, 0.2) is 72.9 Å². The molecule has 0 radical (unpaired) electrons. The van der Waals surface area contributed by atoms with E-state index in [9.17, 15) is 0 Å². The zero-order valence-corrected chi connectivity index (χ0v) is 19.6. The van der Waals surface area contributed by atoms with Crippen LogP contribution in [0.1, 0.15) is 19.4 Å². The lowest BCUT2D eigenvalue weighted by Gasteiger charge is -2.16. The topological polar surface area (TPSA) is 58.4 Å². The van der Waals surface area contributed by atoms with Crippen LogP contribution in [0.3, 0.4) is 0 Å². The van der Waals surface area contributed by atoms with Crippen molar-refractivity contribution in [1.29, 1.82) is 0 Å². The largest absolute Gasteiger partial charge is 0.497 e. The maximum atomic E-state index is 5.79. The summed E-state index contributed by atoms with van der Waals surface area (Å²) >= 11 is 0. The number of hydrogen-bond donors (Lipinski definition) is 0. The zero-order valence-electron chi connectivity index (χ0n) is 19.6. The van der Waals surface area contributed by atoms with E-state index in [1.807, 2.05) is 56.3 Å². The van der Waals surface area contributed by atoms with Crippen molar-refractivity contribution in [3.63, 3.8) is 0 Å². The molecule has 0 amide bonds. The van der Waals surface area contributed by atoms with Gasteiger partial charge in [-0.25, -0.2) is 0 Å². The highest BCUT2D eigenvalue weighted by molar-refractivity contribution is 5.98. The van der Waals surface area contributed by atoms with E-state index < -0.39 is 0 Å². The molecule has 3 aromatic rings. The molecule has 0 fully saturated rings. The Bertz CT molecular complexity index is 1380. The number of benzene rings is 3. The van der Waals surface area contributed by atoms with Gasteiger partial charge in [-0.3, -0.25) is 0 Å². The number of methoxy groups -OCH3 is 1. The number of fused-ring (bicyclic) bond motifs is 3. The highest BCUT2D eigenvalue weighted by Gasteiger charge is 2.21. The lowest BCUT2D eigenvalue weighted by molar-refractivity contribution is 0.340. The van der Waals surface area contributed by atoms with Gasteiger partial charge in [0, 0.05) is 29.3 Å². The van der Waals surface area contributed by atoms with Gasteiger partial charge in [0.05, 0.1) is 25.8 Å². The average molecular weight is 454 g/mol. The van der Waals surface area contributed by atoms with Crippen LogP contribution >= 0.6 is 0 Å². The van der Waals surface area contributed by atoms with Gasteiger partial charge < -0.3 is 18.8 Å². The molecule has 0 bridgehead atoms. The van der Waals surface area contributed by atoms with Crippen LogP contribution in [0.4, 0.5) is 0 Å². The first-order valence-corrected chi connectivity index (χ1v) is 11.5. The lowest BCUT2D eigenvalue weighted by Crippen LogP contribution is -2.04. The molecule has 0 unspecified atom stereocenters. The van der Waals surface area contributed by atoms with Gasteiger partial charge in [0.25, 0.3) is 0 Å². The van der Waals surface area contributed by atoms with Gasteiger partial charge in [0.15, 0.2) is 0 Å². The third-order valence-electron chi connectivity index (χ3n) is 5.84. The second-order valence-electron chi connectivity index (χ2n) is 7.99. The standard InChI is InChI=1S/C28H27N3O3/c1-4-33-22-12-8-20(9-13-22)27-25-18-31(17-19-6-10-21(32-3)11-7-19)26-15-14-23(34-5-2)16-24(26)28(25)30-29-27/h6-16,18H,4-5,17H2,1-3H3. The monoisotopic (exact) mass is 453 g/mol. The first-order valence-electron chi connectivity index (χ1n) is 11.5. The Morgan fingerprint density at radius 2 is 1.38 bits per heavy atom. The van der Waals surface area contributed by atoms with Crippen molar-refractivity contribution in [2.24, 2.45) is 0 Å². The molecule has 6 heteroatoms. The molecule has 2 aliphatic rings. The van der Waals surface area contributed by atoms with Crippen LogP contribution in [-0.4, -0.2) is 35.1 Å². The number of aromatic nitrogens is 3. The second-order valence-corrected chi connectivity index (χ2v) is 7.99. The van der Waals surface area contributed by atoms with Crippen LogP contribution in [0.2, 0.25) is 0 Å². The molecule has 0 saturated carbocycles. The van der Waals surface area contributed by atoms with Gasteiger partial charge in [0.2, 0.25) is 0 Å². The SMILES string of the molecule is CCOc1ccc(-c2nnc3c4cc(OCC)ccc4n(Cc4ccc(OC)cc4)cc2-3)cc1. The quantitative estimate of drug-likeness (QED) is 0.286. The number of ether oxygens (including phenoxy) is 3. The van der Waals surface area contributed by atoms with E-state index in [1.54, 1.807) is 7.11 Å². The summed E-state index contributed by atoms with van der Waals surface area (Å²) in [5.74, 6) is 2.51. The fourth-order valence-electron chi connectivity index (χ4n) is 4.23. The van der Waals surface area contributed by atoms with Crippen LogP contribution < -0.4 is 14.2 Å². The summed E-state index contributed by atoms with van der Waals surface area (Å²) in [5, 5.41) is 10.2. The van der Waals surface area contributed by atoms with Gasteiger partial charge in [0.1, 0.15) is 28.6 Å². The number of hydrogen-bond acceptors (Lipinski definition) is 5. The molecule has 0 aliphatic carbocycles. The van der Waals surface area contributed by atoms with Gasteiger partial charge in [-0.2, -0.15) is 0 Å². The molecule has 0 saturated heterocycles. The fourth-order valence-corrected chi connectivity index (χ4v) is 4.23. The summed E-state index contributed by atoms with van der Waals surface area (Å²) in [6, 6.07) is 22.3.